The van der Waals surface area contributed by atoms with E-state index < -0.39 is 9.84 Å². The zero-order valence-corrected chi connectivity index (χ0v) is 9.92. The molecule has 1 atom stereocenters. The minimum atomic E-state index is -3.34. The highest BCUT2D eigenvalue weighted by Gasteiger charge is 2.19. The summed E-state index contributed by atoms with van der Waals surface area (Å²) >= 11 is 0. The molecule has 0 aliphatic carbocycles. The first kappa shape index (κ1) is 11.4. The molecule has 0 saturated carbocycles. The molecule has 1 aliphatic rings. The zero-order chi connectivity index (χ0) is 11.8. The third-order valence-corrected chi connectivity index (χ3v) is 3.99. The smallest absolute Gasteiger partial charge is 0.179 e. The molecule has 5 heteroatoms. The summed E-state index contributed by atoms with van der Waals surface area (Å²) < 4.78 is 22.6. The van der Waals surface area contributed by atoms with E-state index in [1.807, 2.05) is 0 Å². The second kappa shape index (κ2) is 4.07. The molecule has 4 nitrogen and oxygen atoms in total. The summed E-state index contributed by atoms with van der Waals surface area (Å²) in [5, 5.41) is 13.0. The van der Waals surface area contributed by atoms with Crippen LogP contribution in [0.5, 0.6) is 5.75 Å². The Morgan fingerprint density at radius 3 is 2.69 bits per heavy atom. The zero-order valence-electron chi connectivity index (χ0n) is 9.10. The van der Waals surface area contributed by atoms with Crippen LogP contribution >= 0.6 is 0 Å². The number of benzene rings is 1. The molecule has 0 aromatic heterocycles. The van der Waals surface area contributed by atoms with E-state index in [4.69, 9.17) is 0 Å². The largest absolute Gasteiger partial charge is 0.507 e. The lowest BCUT2D eigenvalue weighted by atomic mass is 10.1. The molecule has 1 aliphatic heterocycles. The fourth-order valence-electron chi connectivity index (χ4n) is 2.03. The number of phenols is 1. The van der Waals surface area contributed by atoms with E-state index in [-0.39, 0.29) is 16.7 Å². The molecule has 1 aromatic rings. The lowest BCUT2D eigenvalue weighted by molar-refractivity contribution is 0.456. The molecule has 1 saturated heterocycles. The van der Waals surface area contributed by atoms with Crippen LogP contribution in [0.2, 0.25) is 0 Å². The van der Waals surface area contributed by atoms with Crippen LogP contribution in [0.3, 0.4) is 0 Å². The van der Waals surface area contributed by atoms with Crippen LogP contribution in [-0.2, 0) is 9.84 Å². The predicted octanol–water partition coefficient (Wildman–Crippen LogP) is 1.22. The van der Waals surface area contributed by atoms with Crippen molar-refractivity contribution in [3.8, 4) is 5.75 Å². The van der Waals surface area contributed by atoms with Crippen LogP contribution in [-0.4, -0.2) is 26.3 Å². The van der Waals surface area contributed by atoms with E-state index in [9.17, 15) is 13.5 Å². The number of aromatic hydroxyl groups is 1. The van der Waals surface area contributed by atoms with Gasteiger partial charge < -0.3 is 10.4 Å². The van der Waals surface area contributed by atoms with Crippen molar-refractivity contribution in [3.63, 3.8) is 0 Å². The first-order valence-corrected chi connectivity index (χ1v) is 7.14. The van der Waals surface area contributed by atoms with Gasteiger partial charge in [-0.05, 0) is 37.1 Å². The number of phenolic OH excluding ortho intramolecular Hbond substituents is 1. The van der Waals surface area contributed by atoms with Crippen LogP contribution < -0.4 is 5.32 Å². The fraction of sp³-hybridized carbons (Fsp3) is 0.455. The van der Waals surface area contributed by atoms with Crippen LogP contribution in [0.1, 0.15) is 24.4 Å². The molecule has 2 N–H and O–H groups in total. The van der Waals surface area contributed by atoms with Crippen LogP contribution in [0, 0.1) is 0 Å². The van der Waals surface area contributed by atoms with Crippen molar-refractivity contribution in [2.75, 3.05) is 12.8 Å². The minimum Gasteiger partial charge on any atom is -0.507 e. The summed E-state index contributed by atoms with van der Waals surface area (Å²) in [4.78, 5) is -0.00533. The molecule has 0 spiro atoms. The maximum absolute atomic E-state index is 11.3. The molecule has 1 fully saturated rings. The summed E-state index contributed by atoms with van der Waals surface area (Å²) in [6.07, 6.45) is 3.23. The van der Waals surface area contributed by atoms with Gasteiger partial charge in [0.15, 0.2) is 9.84 Å². The molecule has 16 heavy (non-hydrogen) atoms. The lowest BCUT2D eigenvalue weighted by Crippen LogP contribution is -2.12. The van der Waals surface area contributed by atoms with Crippen LogP contribution in [0.4, 0.5) is 0 Å². The summed E-state index contributed by atoms with van der Waals surface area (Å²) in [6.45, 7) is 0.971. The van der Waals surface area contributed by atoms with E-state index >= 15 is 0 Å². The van der Waals surface area contributed by atoms with Gasteiger partial charge in [0.25, 0.3) is 0 Å². The van der Waals surface area contributed by atoms with E-state index in [1.165, 1.54) is 6.07 Å². The molecule has 1 aromatic carbocycles. The summed E-state index contributed by atoms with van der Waals surface area (Å²) in [6, 6.07) is 5.01. The third kappa shape index (κ3) is 2.20. The van der Waals surface area contributed by atoms with Gasteiger partial charge in [0.1, 0.15) is 10.6 Å². The minimum absolute atomic E-state index is 0.00533. The Morgan fingerprint density at radius 1 is 1.44 bits per heavy atom. The maximum atomic E-state index is 11.3. The first-order chi connectivity index (χ1) is 7.48. The van der Waals surface area contributed by atoms with Crippen molar-refractivity contribution in [2.24, 2.45) is 0 Å². The van der Waals surface area contributed by atoms with E-state index in [1.54, 1.807) is 12.1 Å². The topological polar surface area (TPSA) is 66.4 Å². The van der Waals surface area contributed by atoms with Gasteiger partial charge in [-0.25, -0.2) is 8.42 Å². The maximum Gasteiger partial charge on any atom is 0.179 e. The van der Waals surface area contributed by atoms with Gasteiger partial charge in [-0.3, -0.25) is 0 Å². The fourth-order valence-corrected chi connectivity index (χ4v) is 2.79. The molecular formula is C11H15NO3S. The van der Waals surface area contributed by atoms with Crippen molar-refractivity contribution < 1.29 is 13.5 Å². The summed E-state index contributed by atoms with van der Waals surface area (Å²) in [5.41, 5.74) is 0.947. The Hall–Kier alpha value is -1.07. The number of nitrogens with one attached hydrogen (secondary N) is 1. The Bertz CT molecular complexity index is 490. The average Bonchev–Trinajstić information content (AvgIpc) is 2.68. The second-order valence-electron chi connectivity index (χ2n) is 4.15. The van der Waals surface area contributed by atoms with Gasteiger partial charge in [0.05, 0.1) is 0 Å². The Balaban J connectivity index is 2.36. The van der Waals surface area contributed by atoms with Crippen LogP contribution in [0.25, 0.3) is 0 Å². The Kier molecular flexibility index (Phi) is 2.90. The molecular weight excluding hydrogens is 226 g/mol. The van der Waals surface area contributed by atoms with Crippen molar-refractivity contribution in [1.82, 2.24) is 5.32 Å². The molecule has 0 radical (unpaired) electrons. The van der Waals surface area contributed by atoms with Crippen molar-refractivity contribution in [2.45, 2.75) is 23.8 Å². The SMILES string of the molecule is CS(=O)(=O)c1ccc(C2CCCN2)cc1O. The highest BCUT2D eigenvalue weighted by atomic mass is 32.2. The average molecular weight is 241 g/mol. The summed E-state index contributed by atoms with van der Waals surface area (Å²) in [5.74, 6) is -0.159. The third-order valence-electron chi connectivity index (χ3n) is 2.85. The van der Waals surface area contributed by atoms with Gasteiger partial charge in [0, 0.05) is 12.3 Å². The standard InChI is InChI=1S/C11H15NO3S/c1-16(14,15)11-5-4-8(7-10(11)13)9-3-2-6-12-9/h4-5,7,9,12-13H,2-3,6H2,1H3. The van der Waals surface area contributed by atoms with Gasteiger partial charge in [0.2, 0.25) is 0 Å². The van der Waals surface area contributed by atoms with E-state index in [0.717, 1.165) is 31.2 Å². The van der Waals surface area contributed by atoms with Crippen molar-refractivity contribution >= 4 is 9.84 Å². The number of sulfone groups is 1. The summed E-state index contributed by atoms with van der Waals surface area (Å²) in [7, 11) is -3.34. The monoisotopic (exact) mass is 241 g/mol. The van der Waals surface area contributed by atoms with Gasteiger partial charge in [-0.15, -0.1) is 0 Å². The molecule has 0 bridgehead atoms. The first-order valence-electron chi connectivity index (χ1n) is 5.25. The number of hydrogen-bond acceptors (Lipinski definition) is 4. The van der Waals surface area contributed by atoms with Gasteiger partial charge in [-0.2, -0.15) is 0 Å². The molecule has 2 rings (SSSR count). The highest BCUT2D eigenvalue weighted by molar-refractivity contribution is 7.90. The van der Waals surface area contributed by atoms with Crippen molar-refractivity contribution in [1.29, 1.82) is 0 Å². The Labute approximate surface area is 95.2 Å². The number of rotatable bonds is 2. The highest BCUT2D eigenvalue weighted by Crippen LogP contribution is 2.29. The second-order valence-corrected chi connectivity index (χ2v) is 6.13. The van der Waals surface area contributed by atoms with Crippen LogP contribution in [0.15, 0.2) is 23.1 Å². The number of hydrogen-bond donors (Lipinski definition) is 2. The predicted molar refractivity (Wildman–Crippen MR) is 61.2 cm³/mol. The van der Waals surface area contributed by atoms with E-state index in [2.05, 4.69) is 5.32 Å². The van der Waals surface area contributed by atoms with Crippen molar-refractivity contribution in [3.05, 3.63) is 23.8 Å². The molecule has 0 amide bonds. The molecule has 1 unspecified atom stereocenters. The van der Waals surface area contributed by atoms with Gasteiger partial charge >= 0.3 is 0 Å². The quantitative estimate of drug-likeness (QED) is 0.817. The lowest BCUT2D eigenvalue weighted by Gasteiger charge is -2.12. The Morgan fingerprint density at radius 2 is 2.19 bits per heavy atom. The van der Waals surface area contributed by atoms with Gasteiger partial charge in [-0.1, -0.05) is 6.07 Å². The molecule has 1 heterocycles. The normalized spacial score (nSPS) is 21.2. The van der Waals surface area contributed by atoms with E-state index in [0.29, 0.717) is 0 Å². The molecule has 88 valence electrons.